The molecule has 0 radical (unpaired) electrons. The number of fused-ring (bicyclic) bond motifs is 2. The molecule has 4 aliphatic heterocycles. The number of ketones is 1. The molecule has 1 fully saturated rings. The lowest BCUT2D eigenvalue weighted by atomic mass is 9.82. The van der Waals surface area contributed by atoms with E-state index in [1.165, 1.54) is 27.2 Å². The summed E-state index contributed by atoms with van der Waals surface area (Å²) in [5.74, 6) is -4.12. The maximum absolute atomic E-state index is 14.7. The van der Waals surface area contributed by atoms with Crippen LogP contribution in [0.5, 0.6) is 17.2 Å². The highest BCUT2D eigenvalue weighted by atomic mass is 16.7. The summed E-state index contributed by atoms with van der Waals surface area (Å²) < 4.78 is 24.5. The second-order valence-corrected chi connectivity index (χ2v) is 16.7. The van der Waals surface area contributed by atoms with E-state index in [1.54, 1.807) is 37.3 Å². The molecule has 0 spiro atoms. The van der Waals surface area contributed by atoms with Crippen LogP contribution in [0.4, 0.5) is 11.4 Å². The van der Waals surface area contributed by atoms with Gasteiger partial charge in [0.25, 0.3) is 11.7 Å². The Morgan fingerprint density at radius 2 is 1.73 bits per heavy atom. The molecule has 0 aromatic heterocycles. The van der Waals surface area contributed by atoms with Gasteiger partial charge in [-0.05, 0) is 50.5 Å². The van der Waals surface area contributed by atoms with E-state index in [-0.39, 0.29) is 90.9 Å². The Hall–Kier alpha value is -5.44. The molecule has 1 aliphatic carbocycles. The van der Waals surface area contributed by atoms with Crippen molar-refractivity contribution in [2.45, 2.75) is 79.3 Å². The fourth-order valence-electron chi connectivity index (χ4n) is 8.75. The van der Waals surface area contributed by atoms with Crippen molar-refractivity contribution in [1.82, 2.24) is 10.3 Å². The van der Waals surface area contributed by atoms with Crippen molar-refractivity contribution in [2.75, 3.05) is 43.5 Å². The van der Waals surface area contributed by atoms with E-state index in [9.17, 15) is 29.7 Å². The zero-order chi connectivity index (χ0) is 42.5. The van der Waals surface area contributed by atoms with Crippen LogP contribution in [0, 0.1) is 30.6 Å². The zero-order valence-electron chi connectivity index (χ0n) is 34.8. The molecular formula is C45H54N4O10. The summed E-state index contributed by atoms with van der Waals surface area (Å²) in [6, 6.07) is 3.28. The van der Waals surface area contributed by atoms with E-state index in [0.29, 0.717) is 18.8 Å². The Kier molecular flexibility index (Phi) is 11.5. The standard InChI is InChI=1S/C45H54N4O10/c1-22-10-9-11-24(3)44(55)48-37-40(53)33-32(36-42(37)58-31-21-28(20-29(50)35(31)47-36)49-15-13-46-14-16-49)34-41(27(6)39(33)52)59-45(7,43(34)54)57-17-12-30(56-8)26(5)38(51)25(4)19-23(2)18-22/h9-12,17,20-23,25-26,30,38,46,50-52H,13-16,18-19H2,1-8H3,(H,48,55)/b10-9+,17-12+,24-11-/t22-,23+,25+,26+,30-,38-,45-/m0/s1. The van der Waals surface area contributed by atoms with E-state index in [0.717, 1.165) is 25.9 Å². The number of nitrogens with one attached hydrogen (secondary N) is 2. The molecule has 14 heteroatoms. The summed E-state index contributed by atoms with van der Waals surface area (Å²) >= 11 is 0. The second-order valence-electron chi connectivity index (χ2n) is 16.7. The van der Waals surface area contributed by atoms with E-state index in [2.05, 4.69) is 29.4 Å². The number of phenols is 2. The third-order valence-electron chi connectivity index (χ3n) is 12.1. The summed E-state index contributed by atoms with van der Waals surface area (Å²) in [5, 5.41) is 40.2. The van der Waals surface area contributed by atoms with Gasteiger partial charge in [0.2, 0.25) is 5.43 Å². The predicted molar refractivity (Wildman–Crippen MR) is 225 cm³/mol. The Morgan fingerprint density at radius 1 is 1.00 bits per heavy atom. The van der Waals surface area contributed by atoms with Gasteiger partial charge in [-0.2, -0.15) is 0 Å². The van der Waals surface area contributed by atoms with Crippen LogP contribution in [-0.4, -0.2) is 83.3 Å². The predicted octanol–water partition coefficient (Wildman–Crippen LogP) is 6.55. The molecule has 4 heterocycles. The number of phenolic OH excluding ortho intramolecular Hbond substituents is 2. The van der Waals surface area contributed by atoms with E-state index >= 15 is 0 Å². The Labute approximate surface area is 342 Å². The van der Waals surface area contributed by atoms with Gasteiger partial charge in [-0.3, -0.25) is 14.4 Å². The van der Waals surface area contributed by atoms with E-state index < -0.39 is 40.9 Å². The lowest BCUT2D eigenvalue weighted by Gasteiger charge is -2.31. The molecule has 2 aromatic rings. The van der Waals surface area contributed by atoms with Gasteiger partial charge in [-0.15, -0.1) is 0 Å². The lowest BCUT2D eigenvalue weighted by Crippen LogP contribution is -2.43. The van der Waals surface area contributed by atoms with Gasteiger partial charge in [0.15, 0.2) is 11.3 Å². The highest BCUT2D eigenvalue weighted by Gasteiger charge is 2.50. The number of nitrogens with zero attached hydrogens (tertiary/aromatic N) is 2. The van der Waals surface area contributed by atoms with Gasteiger partial charge in [-0.1, -0.05) is 45.9 Å². The van der Waals surface area contributed by atoms with Crippen molar-refractivity contribution in [3.8, 4) is 28.7 Å². The number of carbonyl (C=O) groups excluding carboxylic acids is 2. The van der Waals surface area contributed by atoms with Gasteiger partial charge in [-0.25, -0.2) is 4.98 Å². The molecule has 314 valence electrons. The van der Waals surface area contributed by atoms with Crippen LogP contribution < -0.4 is 25.7 Å². The molecule has 2 aromatic carbocycles. The molecule has 5 aliphatic rings. The SMILES string of the molecule is CO[C@H]1/C=C/O[C@@]2(C)Oc3c(C)c(O)c4c(=O)c(c5oc6cc(N7CCNCC7)cc(O)c6nc-5c4c3C2=O)NC(=O)/C(C)=C\C=C\[C@H](C)C[C@@H](C)C[C@@H](C)[C@H](O)[C@@H]1C. The maximum atomic E-state index is 14.7. The minimum atomic E-state index is -1.97. The lowest BCUT2D eigenvalue weighted by molar-refractivity contribution is -0.112. The molecule has 7 atom stereocenters. The molecule has 1 saturated heterocycles. The Morgan fingerprint density at radius 3 is 2.44 bits per heavy atom. The molecule has 7 rings (SSSR count). The summed E-state index contributed by atoms with van der Waals surface area (Å²) in [4.78, 5) is 50.1. The van der Waals surface area contributed by atoms with Crippen molar-refractivity contribution < 1.29 is 43.5 Å². The number of allylic oxidation sites excluding steroid dienone is 3. The number of hydrogen-bond donors (Lipinski definition) is 5. The average molecular weight is 811 g/mol. The van der Waals surface area contributed by atoms with Crippen LogP contribution in [0.15, 0.2) is 57.5 Å². The summed E-state index contributed by atoms with van der Waals surface area (Å²) in [6.07, 6.45) is 8.70. The fourth-order valence-corrected chi connectivity index (χ4v) is 8.75. The molecule has 1 amide bonds. The Balaban J connectivity index is 1.45. The normalized spacial score (nSPS) is 29.3. The number of piperazine rings is 1. The van der Waals surface area contributed by atoms with Crippen LogP contribution in [0.1, 0.15) is 70.3 Å². The van der Waals surface area contributed by atoms with Gasteiger partial charge in [0.05, 0.1) is 29.4 Å². The number of Topliss-reactive ketones (excluding diaryl/α,β-unsaturated/α-hetero) is 1. The number of aliphatic hydroxyl groups is 1. The highest BCUT2D eigenvalue weighted by Crippen LogP contribution is 2.51. The van der Waals surface area contributed by atoms with Crippen molar-refractivity contribution >= 4 is 44.9 Å². The number of methoxy groups -OCH3 is 1. The van der Waals surface area contributed by atoms with E-state index in [1.807, 2.05) is 19.9 Å². The third-order valence-corrected chi connectivity index (χ3v) is 12.1. The first-order chi connectivity index (χ1) is 28.0. The molecule has 4 bridgehead atoms. The number of amides is 1. The number of rotatable bonds is 2. The van der Waals surface area contributed by atoms with Crippen molar-refractivity contribution in [3.05, 3.63) is 69.6 Å². The van der Waals surface area contributed by atoms with Crippen molar-refractivity contribution in [2.24, 2.45) is 23.7 Å². The Bertz CT molecular complexity index is 2430. The molecule has 0 saturated carbocycles. The van der Waals surface area contributed by atoms with Crippen LogP contribution in [0.3, 0.4) is 0 Å². The fraction of sp³-hybridized carbons (Fsp3) is 0.467. The second kappa shape index (κ2) is 16.3. The molecule has 5 N–H and O–H groups in total. The monoisotopic (exact) mass is 810 g/mol. The first kappa shape index (κ1) is 41.7. The topological polar surface area (TPSA) is 193 Å². The number of ether oxygens (including phenoxy) is 3. The number of carbonyl (C=O) groups is 2. The van der Waals surface area contributed by atoms with Crippen LogP contribution in [-0.2, 0) is 14.3 Å². The summed E-state index contributed by atoms with van der Waals surface area (Å²) in [7, 11) is 1.53. The largest absolute Gasteiger partial charge is 0.507 e. The number of aromatic nitrogens is 1. The van der Waals surface area contributed by atoms with Gasteiger partial charge >= 0.3 is 5.79 Å². The molecule has 14 nitrogen and oxygen atoms in total. The number of benzene rings is 3. The van der Waals surface area contributed by atoms with Crippen LogP contribution in [0.25, 0.3) is 33.3 Å². The van der Waals surface area contributed by atoms with Gasteiger partial charge in [0, 0.05) is 80.5 Å². The van der Waals surface area contributed by atoms with Crippen molar-refractivity contribution in [3.63, 3.8) is 0 Å². The first-order valence-electron chi connectivity index (χ1n) is 20.3. The quantitative estimate of drug-likeness (QED) is 0.108. The van der Waals surface area contributed by atoms with Crippen molar-refractivity contribution in [1.29, 1.82) is 0 Å². The highest BCUT2D eigenvalue weighted by molar-refractivity contribution is 6.22. The smallest absolute Gasteiger partial charge is 0.312 e. The summed E-state index contributed by atoms with van der Waals surface area (Å²) in [5.41, 5.74) is -0.0856. The average Bonchev–Trinajstić information content (AvgIpc) is 3.47. The number of aromatic hydroxyl groups is 2. The first-order valence-corrected chi connectivity index (χ1v) is 20.3. The van der Waals surface area contributed by atoms with Gasteiger partial charge in [0.1, 0.15) is 34.1 Å². The van der Waals surface area contributed by atoms with Crippen LogP contribution >= 0.6 is 0 Å². The number of anilines is 2. The summed E-state index contributed by atoms with van der Waals surface area (Å²) in [6.45, 7) is 15.5. The molecule has 0 unspecified atom stereocenters. The van der Waals surface area contributed by atoms with Gasteiger partial charge < -0.3 is 49.5 Å². The number of aliphatic hydroxyl groups excluding tert-OH is 1. The van der Waals surface area contributed by atoms with Crippen LogP contribution in [0.2, 0.25) is 0 Å². The zero-order valence-corrected chi connectivity index (χ0v) is 34.8. The molecular weight excluding hydrogens is 757 g/mol. The van der Waals surface area contributed by atoms with E-state index in [4.69, 9.17) is 23.6 Å². The minimum Gasteiger partial charge on any atom is -0.507 e. The number of hydrogen-bond acceptors (Lipinski definition) is 13. The third kappa shape index (κ3) is 7.65. The minimum absolute atomic E-state index is 0.0322. The maximum Gasteiger partial charge on any atom is 0.312 e. The molecule has 59 heavy (non-hydrogen) atoms.